The van der Waals surface area contributed by atoms with Crippen molar-refractivity contribution in [1.29, 1.82) is 0 Å². The number of hydrogen-bond acceptors (Lipinski definition) is 4. The number of aryl methyl sites for hydroxylation is 1. The predicted octanol–water partition coefficient (Wildman–Crippen LogP) is 6.35. The zero-order chi connectivity index (χ0) is 20.8. The van der Waals surface area contributed by atoms with Crippen LogP contribution in [-0.2, 0) is 12.8 Å². The van der Waals surface area contributed by atoms with E-state index in [-0.39, 0.29) is 11.0 Å². The van der Waals surface area contributed by atoms with Gasteiger partial charge in [-0.05, 0) is 60.8 Å². The van der Waals surface area contributed by atoms with Crippen LogP contribution in [0, 0.1) is 11.3 Å². The summed E-state index contributed by atoms with van der Waals surface area (Å²) in [6.45, 7) is 9.63. The Hall–Kier alpha value is -1.66. The van der Waals surface area contributed by atoms with Crippen molar-refractivity contribution in [2.24, 2.45) is 11.3 Å². The first kappa shape index (κ1) is 20.6. The Bertz CT molecular complexity index is 1110. The molecule has 29 heavy (non-hydrogen) atoms. The van der Waals surface area contributed by atoms with Crippen LogP contribution in [0.25, 0.3) is 21.6 Å². The second kappa shape index (κ2) is 7.88. The Labute approximate surface area is 183 Å². The number of aromatic nitrogens is 2. The summed E-state index contributed by atoms with van der Waals surface area (Å²) < 4.78 is 6.83. The normalized spacial score (nSPS) is 16.8. The van der Waals surface area contributed by atoms with Gasteiger partial charge in [0, 0.05) is 9.35 Å². The molecule has 0 fully saturated rings. The fourth-order valence-electron chi connectivity index (χ4n) is 4.08. The lowest BCUT2D eigenvalue weighted by molar-refractivity contribution is 0.218. The van der Waals surface area contributed by atoms with Gasteiger partial charge in [0.05, 0.1) is 17.6 Å². The summed E-state index contributed by atoms with van der Waals surface area (Å²) in [5.41, 5.74) is 2.26. The third-order valence-corrected chi connectivity index (χ3v) is 7.44. The molecular weight excluding hydrogens is 448 g/mol. The Balaban J connectivity index is 1.80. The average Bonchev–Trinajstić information content (AvgIpc) is 3.04. The quantitative estimate of drug-likeness (QED) is 0.478. The van der Waals surface area contributed by atoms with Gasteiger partial charge in [-0.1, -0.05) is 43.6 Å². The van der Waals surface area contributed by atoms with Crippen molar-refractivity contribution in [1.82, 2.24) is 9.97 Å². The van der Waals surface area contributed by atoms with Crippen LogP contribution in [0.1, 0.15) is 51.0 Å². The van der Waals surface area contributed by atoms with E-state index in [0.717, 1.165) is 51.7 Å². The number of halogens is 1. The molecule has 4 rings (SSSR count). The minimum absolute atomic E-state index is 0.0434. The van der Waals surface area contributed by atoms with E-state index in [2.05, 4.69) is 48.6 Å². The lowest BCUT2D eigenvalue weighted by Gasteiger charge is -2.33. The van der Waals surface area contributed by atoms with Gasteiger partial charge in [0.25, 0.3) is 5.56 Å². The van der Waals surface area contributed by atoms with E-state index in [4.69, 9.17) is 9.72 Å². The number of fused-ring (bicyclic) bond motifs is 3. The number of ether oxygens (including phenoxy) is 1. The third-order valence-electron chi connectivity index (χ3n) is 5.80. The molecule has 3 aromatic rings. The molecule has 6 heteroatoms. The van der Waals surface area contributed by atoms with Crippen molar-refractivity contribution in [3.8, 4) is 17.1 Å². The van der Waals surface area contributed by atoms with Gasteiger partial charge in [-0.2, -0.15) is 0 Å². The topological polar surface area (TPSA) is 55.0 Å². The summed E-state index contributed by atoms with van der Waals surface area (Å²) in [7, 11) is 0. The van der Waals surface area contributed by atoms with Crippen LogP contribution < -0.4 is 10.3 Å². The van der Waals surface area contributed by atoms with E-state index in [1.807, 2.05) is 18.2 Å². The van der Waals surface area contributed by atoms with Gasteiger partial charge in [-0.3, -0.25) is 4.79 Å². The molecule has 4 nitrogen and oxygen atoms in total. The molecule has 0 radical (unpaired) electrons. The molecule has 2 heterocycles. The molecule has 1 aliphatic rings. The molecule has 0 aliphatic heterocycles. The van der Waals surface area contributed by atoms with Crippen molar-refractivity contribution < 1.29 is 4.74 Å². The van der Waals surface area contributed by atoms with Crippen molar-refractivity contribution in [3.05, 3.63) is 43.5 Å². The molecule has 0 saturated heterocycles. The summed E-state index contributed by atoms with van der Waals surface area (Å²) in [5, 5.41) is 0.784. The molecule has 0 saturated carbocycles. The number of hydrogen-bond donors (Lipinski definition) is 1. The molecule has 1 aliphatic carbocycles. The van der Waals surface area contributed by atoms with E-state index in [1.165, 1.54) is 10.4 Å². The zero-order valence-corrected chi connectivity index (χ0v) is 19.8. The lowest BCUT2D eigenvalue weighted by atomic mass is 9.72. The maximum absolute atomic E-state index is 13.1. The molecule has 2 aromatic heterocycles. The highest BCUT2D eigenvalue weighted by atomic mass is 79.9. The summed E-state index contributed by atoms with van der Waals surface area (Å²) >= 11 is 5.22. The van der Waals surface area contributed by atoms with Gasteiger partial charge in [-0.25, -0.2) is 4.98 Å². The minimum atomic E-state index is -0.0434. The van der Waals surface area contributed by atoms with E-state index < -0.39 is 0 Å². The summed E-state index contributed by atoms with van der Waals surface area (Å²) in [6.07, 6.45) is 4.05. The molecule has 1 aromatic carbocycles. The fraction of sp³-hybridized carbons (Fsp3) is 0.478. The Kier molecular flexibility index (Phi) is 5.60. The maximum atomic E-state index is 13.1. The number of benzene rings is 1. The first-order chi connectivity index (χ1) is 13.8. The summed E-state index contributed by atoms with van der Waals surface area (Å²) in [5.74, 6) is 1.95. The van der Waals surface area contributed by atoms with Gasteiger partial charge < -0.3 is 9.72 Å². The molecule has 1 unspecified atom stereocenters. The van der Waals surface area contributed by atoms with Gasteiger partial charge in [0.2, 0.25) is 0 Å². The Morgan fingerprint density at radius 2 is 2.14 bits per heavy atom. The second-order valence-electron chi connectivity index (χ2n) is 8.89. The predicted molar refractivity (Wildman–Crippen MR) is 124 cm³/mol. The zero-order valence-electron chi connectivity index (χ0n) is 17.4. The second-order valence-corrected chi connectivity index (χ2v) is 10.9. The van der Waals surface area contributed by atoms with Gasteiger partial charge in [0.1, 0.15) is 16.4 Å². The number of aromatic amines is 1. The third kappa shape index (κ3) is 4.02. The lowest BCUT2D eigenvalue weighted by Crippen LogP contribution is -2.26. The van der Waals surface area contributed by atoms with Crippen LogP contribution in [0.15, 0.2) is 27.5 Å². The SMILES string of the molecule is CCCOc1ccc(Br)cc1-c1nc2sc3c(c2c(=O)[nH]1)CCC(C(C)(C)C)C3. The van der Waals surface area contributed by atoms with Crippen molar-refractivity contribution >= 4 is 37.5 Å². The molecule has 1 atom stereocenters. The maximum Gasteiger partial charge on any atom is 0.260 e. The highest BCUT2D eigenvalue weighted by Crippen LogP contribution is 2.42. The standard InChI is InChI=1S/C23H27BrN2O2S/c1-5-10-28-17-9-7-14(24)12-16(17)20-25-21(27)19-15-8-6-13(23(2,3)4)11-18(15)29-22(19)26-20/h7,9,12-13H,5-6,8,10-11H2,1-4H3,(H,25,26,27). The van der Waals surface area contributed by atoms with Gasteiger partial charge >= 0.3 is 0 Å². The van der Waals surface area contributed by atoms with Crippen LogP contribution in [0.3, 0.4) is 0 Å². The molecule has 154 valence electrons. The monoisotopic (exact) mass is 474 g/mol. The number of nitrogens with one attached hydrogen (secondary N) is 1. The van der Waals surface area contributed by atoms with Crippen molar-refractivity contribution in [3.63, 3.8) is 0 Å². The molecule has 1 N–H and O–H groups in total. The largest absolute Gasteiger partial charge is 0.493 e. The number of nitrogens with zero attached hydrogens (tertiary/aromatic N) is 1. The smallest absolute Gasteiger partial charge is 0.260 e. The van der Waals surface area contributed by atoms with E-state index in [9.17, 15) is 4.79 Å². The van der Waals surface area contributed by atoms with Gasteiger partial charge in [-0.15, -0.1) is 11.3 Å². The Morgan fingerprint density at radius 1 is 1.34 bits per heavy atom. The van der Waals surface area contributed by atoms with Gasteiger partial charge in [0.15, 0.2) is 0 Å². The van der Waals surface area contributed by atoms with E-state index in [0.29, 0.717) is 18.3 Å². The van der Waals surface area contributed by atoms with Crippen LogP contribution in [0.5, 0.6) is 5.75 Å². The highest BCUT2D eigenvalue weighted by molar-refractivity contribution is 9.10. The molecule has 0 bridgehead atoms. The fourth-order valence-corrected chi connectivity index (χ4v) is 5.74. The van der Waals surface area contributed by atoms with Crippen LogP contribution in [0.4, 0.5) is 0 Å². The summed E-state index contributed by atoms with van der Waals surface area (Å²) in [4.78, 5) is 23.1. The van der Waals surface area contributed by atoms with E-state index >= 15 is 0 Å². The summed E-state index contributed by atoms with van der Waals surface area (Å²) in [6, 6.07) is 5.83. The average molecular weight is 475 g/mol. The highest BCUT2D eigenvalue weighted by Gasteiger charge is 2.31. The van der Waals surface area contributed by atoms with Crippen molar-refractivity contribution in [2.45, 2.75) is 53.4 Å². The minimum Gasteiger partial charge on any atom is -0.493 e. The molecule has 0 amide bonds. The molecule has 0 spiro atoms. The van der Waals surface area contributed by atoms with E-state index in [1.54, 1.807) is 11.3 Å². The van der Waals surface area contributed by atoms with Crippen LogP contribution >= 0.6 is 27.3 Å². The number of H-pyrrole nitrogens is 1. The molecular formula is C23H27BrN2O2S. The number of thiophene rings is 1. The first-order valence-corrected chi connectivity index (χ1v) is 11.9. The Morgan fingerprint density at radius 3 is 2.86 bits per heavy atom. The first-order valence-electron chi connectivity index (χ1n) is 10.2. The van der Waals surface area contributed by atoms with Crippen LogP contribution in [-0.4, -0.2) is 16.6 Å². The number of rotatable bonds is 4. The van der Waals surface area contributed by atoms with Crippen molar-refractivity contribution in [2.75, 3.05) is 6.61 Å². The van der Waals surface area contributed by atoms with Crippen LogP contribution in [0.2, 0.25) is 0 Å².